The normalized spacial score (nSPS) is 29.0. The van der Waals surface area contributed by atoms with Crippen LogP contribution in [0.2, 0.25) is 0 Å². The average Bonchev–Trinajstić information content (AvgIpc) is 2.80. The van der Waals surface area contributed by atoms with Crippen LogP contribution in [0.4, 0.5) is 0 Å². The van der Waals surface area contributed by atoms with Crippen LogP contribution in [-0.4, -0.2) is 38.9 Å². The van der Waals surface area contributed by atoms with E-state index in [9.17, 15) is 15.0 Å². The molecule has 0 bridgehead atoms. The van der Waals surface area contributed by atoms with E-state index in [-0.39, 0.29) is 18.3 Å². The molecule has 0 amide bonds. The van der Waals surface area contributed by atoms with Gasteiger partial charge in [-0.3, -0.25) is 4.79 Å². The van der Waals surface area contributed by atoms with Gasteiger partial charge in [0.15, 0.2) is 5.78 Å². The van der Waals surface area contributed by atoms with Crippen LogP contribution >= 0.6 is 0 Å². The lowest BCUT2D eigenvalue weighted by atomic mass is 9.90. The first kappa shape index (κ1) is 20.8. The molecule has 1 heterocycles. The number of carbonyl (C=O) groups is 1. The van der Waals surface area contributed by atoms with Crippen molar-refractivity contribution in [1.29, 1.82) is 0 Å². The summed E-state index contributed by atoms with van der Waals surface area (Å²) in [6.07, 6.45) is 8.44. The molecule has 0 aromatic rings. The lowest BCUT2D eigenvalue weighted by Gasteiger charge is -2.31. The molecule has 4 nitrogen and oxygen atoms in total. The smallest absolute Gasteiger partial charge is 0.158 e. The predicted octanol–water partition coefficient (Wildman–Crippen LogP) is 3.48. The van der Waals surface area contributed by atoms with Crippen molar-refractivity contribution in [3.8, 4) is 0 Å². The molecular weight excluding hydrogens is 304 g/mol. The lowest BCUT2D eigenvalue weighted by Crippen LogP contribution is -2.42. The maximum absolute atomic E-state index is 12.0. The van der Waals surface area contributed by atoms with E-state index in [1.807, 2.05) is 32.9 Å². The molecule has 1 aliphatic rings. The summed E-state index contributed by atoms with van der Waals surface area (Å²) in [5, 5.41) is 20.6. The van der Waals surface area contributed by atoms with Gasteiger partial charge in [0.2, 0.25) is 0 Å². The summed E-state index contributed by atoms with van der Waals surface area (Å²) in [5.74, 6) is -0.0882. The zero-order valence-electron chi connectivity index (χ0n) is 15.6. The van der Waals surface area contributed by atoms with Crippen molar-refractivity contribution in [2.75, 3.05) is 0 Å². The molecule has 0 aromatic carbocycles. The summed E-state index contributed by atoms with van der Waals surface area (Å²) in [5.41, 5.74) is -1.70. The second-order valence-corrected chi connectivity index (χ2v) is 7.85. The summed E-state index contributed by atoms with van der Waals surface area (Å²) in [6, 6.07) is 0. The number of ether oxygens (including phenoxy) is 1. The van der Waals surface area contributed by atoms with Gasteiger partial charge in [0.25, 0.3) is 0 Å². The third-order valence-corrected chi connectivity index (χ3v) is 4.43. The Morgan fingerprint density at radius 3 is 2.54 bits per heavy atom. The van der Waals surface area contributed by atoms with E-state index in [1.165, 1.54) is 6.08 Å². The van der Waals surface area contributed by atoms with Gasteiger partial charge in [-0.25, -0.2) is 0 Å². The maximum Gasteiger partial charge on any atom is 0.158 e. The van der Waals surface area contributed by atoms with E-state index in [0.29, 0.717) is 12.8 Å². The summed E-state index contributed by atoms with van der Waals surface area (Å²) in [7, 11) is 0. The minimum absolute atomic E-state index is 0.0494. The Morgan fingerprint density at radius 1 is 1.38 bits per heavy atom. The molecule has 0 radical (unpaired) electrons. The van der Waals surface area contributed by atoms with Crippen LogP contribution in [0, 0.1) is 0 Å². The number of aliphatic hydroxyl groups is 2. The number of ketones is 1. The number of hydrogen-bond donors (Lipinski definition) is 2. The van der Waals surface area contributed by atoms with Crippen molar-refractivity contribution in [1.82, 2.24) is 0 Å². The van der Waals surface area contributed by atoms with Gasteiger partial charge in [-0.2, -0.15) is 0 Å². The van der Waals surface area contributed by atoms with Crippen LogP contribution in [0.15, 0.2) is 36.5 Å². The van der Waals surface area contributed by atoms with Crippen molar-refractivity contribution in [2.24, 2.45) is 0 Å². The second kappa shape index (κ2) is 7.77. The molecule has 0 aliphatic carbocycles. The quantitative estimate of drug-likeness (QED) is 0.526. The van der Waals surface area contributed by atoms with Gasteiger partial charge in [-0.1, -0.05) is 23.8 Å². The number of rotatable bonds is 8. The zero-order valence-corrected chi connectivity index (χ0v) is 15.6. The monoisotopic (exact) mass is 336 g/mol. The molecule has 1 aliphatic heterocycles. The highest BCUT2D eigenvalue weighted by atomic mass is 16.5. The van der Waals surface area contributed by atoms with Crippen LogP contribution < -0.4 is 0 Å². The summed E-state index contributed by atoms with van der Waals surface area (Å²) in [6.45, 7) is 12.6. The first-order chi connectivity index (χ1) is 10.9. The number of allylic oxidation sites excluding steroid dienone is 2. The highest BCUT2D eigenvalue weighted by Crippen LogP contribution is 2.37. The first-order valence-electron chi connectivity index (χ1n) is 8.51. The standard InChI is InChI=1S/C20H32O4/c1-7-18(4,22)10-8-11-19(5)12-9-17(24-19)20(6,23)14-16(21)13-15(2)3/h7-8,11,13,17,22-23H,1,9-10,12,14H2,2-6H3/t17-,18+,19-,20-/m0/s1. The first-order valence-corrected chi connectivity index (χ1v) is 8.51. The van der Waals surface area contributed by atoms with Gasteiger partial charge in [0, 0.05) is 6.42 Å². The molecule has 24 heavy (non-hydrogen) atoms. The van der Waals surface area contributed by atoms with E-state index in [2.05, 4.69) is 6.58 Å². The third kappa shape index (κ3) is 6.34. The molecule has 4 heteroatoms. The van der Waals surface area contributed by atoms with E-state index >= 15 is 0 Å². The van der Waals surface area contributed by atoms with Gasteiger partial charge in [0.05, 0.1) is 22.9 Å². The minimum Gasteiger partial charge on any atom is -0.387 e. The molecular formula is C20H32O4. The molecule has 1 saturated heterocycles. The fourth-order valence-electron chi connectivity index (χ4n) is 2.89. The Bertz CT molecular complexity index is 524. The van der Waals surface area contributed by atoms with Crippen LogP contribution in [0.5, 0.6) is 0 Å². The second-order valence-electron chi connectivity index (χ2n) is 7.85. The fourth-order valence-corrected chi connectivity index (χ4v) is 2.89. The maximum atomic E-state index is 12.0. The van der Waals surface area contributed by atoms with Gasteiger partial charge in [-0.15, -0.1) is 6.58 Å². The van der Waals surface area contributed by atoms with Crippen molar-refractivity contribution >= 4 is 5.78 Å². The third-order valence-electron chi connectivity index (χ3n) is 4.43. The topological polar surface area (TPSA) is 66.8 Å². The Labute approximate surface area is 145 Å². The zero-order chi connectivity index (χ0) is 18.6. The Hall–Kier alpha value is -1.23. The summed E-state index contributed by atoms with van der Waals surface area (Å²) >= 11 is 0. The van der Waals surface area contributed by atoms with Crippen LogP contribution in [0.3, 0.4) is 0 Å². The fraction of sp³-hybridized carbons (Fsp3) is 0.650. The Kier molecular flexibility index (Phi) is 6.74. The number of hydrogen-bond acceptors (Lipinski definition) is 4. The number of carbonyl (C=O) groups excluding carboxylic acids is 1. The molecule has 0 unspecified atom stereocenters. The highest BCUT2D eigenvalue weighted by Gasteiger charge is 2.44. The van der Waals surface area contributed by atoms with Crippen molar-refractivity contribution in [2.45, 2.75) is 83.2 Å². The molecule has 0 spiro atoms. The van der Waals surface area contributed by atoms with Gasteiger partial charge >= 0.3 is 0 Å². The molecule has 4 atom stereocenters. The summed E-state index contributed by atoms with van der Waals surface area (Å²) in [4.78, 5) is 12.0. The van der Waals surface area contributed by atoms with Gasteiger partial charge in [-0.05, 0) is 60.0 Å². The molecule has 1 fully saturated rings. The van der Waals surface area contributed by atoms with Crippen LogP contribution in [0.1, 0.15) is 60.3 Å². The molecule has 1 rings (SSSR count). The Balaban J connectivity index is 2.69. The molecule has 0 saturated carbocycles. The van der Waals surface area contributed by atoms with Crippen molar-refractivity contribution < 1.29 is 19.7 Å². The van der Waals surface area contributed by atoms with Gasteiger partial charge < -0.3 is 14.9 Å². The SMILES string of the molecule is C=C[C@@](C)(O)CC=C[C@@]1(C)CC[C@@H]([C@@](C)(O)CC(=O)C=C(C)C)O1. The highest BCUT2D eigenvalue weighted by molar-refractivity contribution is 5.90. The van der Waals surface area contributed by atoms with E-state index in [1.54, 1.807) is 19.9 Å². The van der Waals surface area contributed by atoms with Gasteiger partial charge in [0.1, 0.15) is 0 Å². The largest absolute Gasteiger partial charge is 0.387 e. The minimum atomic E-state index is -1.19. The molecule has 2 N–H and O–H groups in total. The lowest BCUT2D eigenvalue weighted by molar-refractivity contribution is -0.134. The van der Waals surface area contributed by atoms with E-state index < -0.39 is 16.8 Å². The van der Waals surface area contributed by atoms with E-state index in [0.717, 1.165) is 12.0 Å². The van der Waals surface area contributed by atoms with Crippen molar-refractivity contribution in [3.63, 3.8) is 0 Å². The van der Waals surface area contributed by atoms with E-state index in [4.69, 9.17) is 4.74 Å². The van der Waals surface area contributed by atoms with Crippen LogP contribution in [0.25, 0.3) is 0 Å². The Morgan fingerprint density at radius 2 is 2.00 bits per heavy atom. The van der Waals surface area contributed by atoms with Crippen molar-refractivity contribution in [3.05, 3.63) is 36.5 Å². The van der Waals surface area contributed by atoms with Crippen LogP contribution in [-0.2, 0) is 9.53 Å². The average molecular weight is 336 g/mol. The molecule has 0 aromatic heterocycles. The summed E-state index contributed by atoms with van der Waals surface area (Å²) < 4.78 is 6.05. The molecule has 136 valence electrons. The predicted molar refractivity (Wildman–Crippen MR) is 96.8 cm³/mol.